The molecule has 1 aliphatic carbocycles. The standard InChI is InChI=1S/C19H26N2O4/c1-2-25-17(22)11-20-18(23)21-12-14-7-6-10-19(24,16(14)13-21)15-8-4-3-5-9-15/h3-5,8-9,14,16,24H,2,6-7,10-13H2,1H3,(H,20,23)/t14-,16+,19+/m1/s1. The number of carbonyl (C=O) groups is 2. The Morgan fingerprint density at radius 3 is 2.80 bits per heavy atom. The monoisotopic (exact) mass is 346 g/mol. The predicted octanol–water partition coefficient (Wildman–Crippen LogP) is 1.88. The minimum atomic E-state index is -0.889. The van der Waals surface area contributed by atoms with E-state index >= 15 is 0 Å². The molecule has 3 atom stereocenters. The van der Waals surface area contributed by atoms with Gasteiger partial charge in [-0.3, -0.25) is 4.79 Å². The fraction of sp³-hybridized carbons (Fsp3) is 0.579. The first-order chi connectivity index (χ1) is 12.0. The van der Waals surface area contributed by atoms with Crippen LogP contribution in [0.4, 0.5) is 4.79 Å². The summed E-state index contributed by atoms with van der Waals surface area (Å²) in [7, 11) is 0. The minimum absolute atomic E-state index is 0.0250. The Labute approximate surface area is 148 Å². The maximum absolute atomic E-state index is 12.4. The van der Waals surface area contributed by atoms with E-state index in [1.165, 1.54) is 0 Å². The average molecular weight is 346 g/mol. The number of esters is 1. The number of nitrogens with one attached hydrogen (secondary N) is 1. The summed E-state index contributed by atoms with van der Waals surface area (Å²) in [6, 6.07) is 9.48. The Hall–Kier alpha value is -2.08. The lowest BCUT2D eigenvalue weighted by molar-refractivity contribution is -0.141. The molecular weight excluding hydrogens is 320 g/mol. The zero-order chi connectivity index (χ0) is 17.9. The maximum Gasteiger partial charge on any atom is 0.325 e. The number of rotatable bonds is 4. The smallest absolute Gasteiger partial charge is 0.325 e. The molecule has 2 N–H and O–H groups in total. The van der Waals surface area contributed by atoms with Crippen LogP contribution in [0.25, 0.3) is 0 Å². The van der Waals surface area contributed by atoms with Gasteiger partial charge in [0.1, 0.15) is 6.54 Å². The summed E-state index contributed by atoms with van der Waals surface area (Å²) in [6.45, 7) is 3.03. The van der Waals surface area contributed by atoms with Gasteiger partial charge in [0.05, 0.1) is 12.2 Å². The largest absolute Gasteiger partial charge is 0.465 e. The van der Waals surface area contributed by atoms with E-state index in [-0.39, 0.29) is 24.4 Å². The summed E-state index contributed by atoms with van der Waals surface area (Å²) >= 11 is 0. The Morgan fingerprint density at radius 2 is 2.08 bits per heavy atom. The second-order valence-electron chi connectivity index (χ2n) is 6.92. The highest BCUT2D eigenvalue weighted by Crippen LogP contribution is 2.48. The zero-order valence-electron chi connectivity index (χ0n) is 14.6. The van der Waals surface area contributed by atoms with Gasteiger partial charge in [0.15, 0.2) is 0 Å². The molecule has 2 aliphatic rings. The first kappa shape index (κ1) is 17.7. The Balaban J connectivity index is 1.67. The number of fused-ring (bicyclic) bond motifs is 1. The molecular formula is C19H26N2O4. The molecule has 25 heavy (non-hydrogen) atoms. The number of amides is 2. The van der Waals surface area contributed by atoms with E-state index in [9.17, 15) is 14.7 Å². The molecule has 1 heterocycles. The van der Waals surface area contributed by atoms with E-state index in [0.29, 0.717) is 19.7 Å². The third kappa shape index (κ3) is 3.63. The Morgan fingerprint density at radius 1 is 1.32 bits per heavy atom. The van der Waals surface area contributed by atoms with E-state index in [1.807, 2.05) is 30.3 Å². The summed E-state index contributed by atoms with van der Waals surface area (Å²) in [5.74, 6) is -0.127. The van der Waals surface area contributed by atoms with Crippen molar-refractivity contribution < 1.29 is 19.4 Å². The number of ether oxygens (including phenoxy) is 1. The normalized spacial score (nSPS) is 28.3. The number of aliphatic hydroxyl groups is 1. The van der Waals surface area contributed by atoms with Gasteiger partial charge in [-0.1, -0.05) is 30.3 Å². The van der Waals surface area contributed by atoms with Crippen molar-refractivity contribution in [2.24, 2.45) is 11.8 Å². The molecule has 0 aromatic heterocycles. The van der Waals surface area contributed by atoms with Gasteiger partial charge in [-0.15, -0.1) is 0 Å². The van der Waals surface area contributed by atoms with Gasteiger partial charge in [0.25, 0.3) is 0 Å². The molecule has 1 aliphatic heterocycles. The van der Waals surface area contributed by atoms with Gasteiger partial charge in [-0.25, -0.2) is 4.79 Å². The van der Waals surface area contributed by atoms with Crippen LogP contribution in [0.2, 0.25) is 0 Å². The quantitative estimate of drug-likeness (QED) is 0.816. The summed E-state index contributed by atoms with van der Waals surface area (Å²) in [5, 5.41) is 14.0. The highest BCUT2D eigenvalue weighted by molar-refractivity contribution is 5.81. The van der Waals surface area contributed by atoms with Crippen LogP contribution in [-0.4, -0.2) is 48.2 Å². The van der Waals surface area contributed by atoms with Gasteiger partial charge >= 0.3 is 12.0 Å². The molecule has 0 spiro atoms. The second kappa shape index (κ2) is 7.44. The fourth-order valence-electron chi connectivity index (χ4n) is 4.25. The number of hydrogen-bond donors (Lipinski definition) is 2. The molecule has 1 saturated heterocycles. The van der Waals surface area contributed by atoms with E-state index < -0.39 is 11.6 Å². The molecule has 2 amide bonds. The highest BCUT2D eigenvalue weighted by Gasteiger charge is 2.50. The van der Waals surface area contributed by atoms with Crippen LogP contribution >= 0.6 is 0 Å². The lowest BCUT2D eigenvalue weighted by Gasteiger charge is -2.41. The van der Waals surface area contributed by atoms with Gasteiger partial charge in [-0.05, 0) is 37.7 Å². The van der Waals surface area contributed by atoms with Crippen LogP contribution in [-0.2, 0) is 15.1 Å². The number of benzene rings is 1. The molecule has 6 heteroatoms. The third-order valence-electron chi connectivity index (χ3n) is 5.44. The van der Waals surface area contributed by atoms with Crippen molar-refractivity contribution in [3.8, 4) is 0 Å². The van der Waals surface area contributed by atoms with E-state index in [2.05, 4.69) is 5.32 Å². The molecule has 6 nitrogen and oxygen atoms in total. The van der Waals surface area contributed by atoms with Crippen molar-refractivity contribution >= 4 is 12.0 Å². The number of hydrogen-bond acceptors (Lipinski definition) is 4. The molecule has 1 aromatic rings. The predicted molar refractivity (Wildman–Crippen MR) is 92.8 cm³/mol. The van der Waals surface area contributed by atoms with Crippen molar-refractivity contribution in [3.63, 3.8) is 0 Å². The van der Waals surface area contributed by atoms with Crippen molar-refractivity contribution in [2.75, 3.05) is 26.2 Å². The molecule has 136 valence electrons. The van der Waals surface area contributed by atoms with Gasteiger partial charge < -0.3 is 20.1 Å². The molecule has 0 bridgehead atoms. The summed E-state index contributed by atoms with van der Waals surface area (Å²) in [4.78, 5) is 25.5. The zero-order valence-corrected chi connectivity index (χ0v) is 14.6. The van der Waals surface area contributed by atoms with Crippen LogP contribution in [0.1, 0.15) is 31.7 Å². The molecule has 1 saturated carbocycles. The molecule has 0 radical (unpaired) electrons. The van der Waals surface area contributed by atoms with Crippen LogP contribution in [0.3, 0.4) is 0 Å². The molecule has 3 rings (SSSR count). The lowest BCUT2D eigenvalue weighted by Crippen LogP contribution is -2.44. The molecule has 1 aromatic carbocycles. The fourth-order valence-corrected chi connectivity index (χ4v) is 4.25. The lowest BCUT2D eigenvalue weighted by atomic mass is 9.67. The maximum atomic E-state index is 12.4. The Bertz CT molecular complexity index is 621. The number of carbonyl (C=O) groups excluding carboxylic acids is 2. The molecule has 0 unspecified atom stereocenters. The van der Waals surface area contributed by atoms with Crippen molar-refractivity contribution in [3.05, 3.63) is 35.9 Å². The van der Waals surface area contributed by atoms with Crippen LogP contribution in [0, 0.1) is 11.8 Å². The van der Waals surface area contributed by atoms with Gasteiger partial charge in [0.2, 0.25) is 0 Å². The average Bonchev–Trinajstić information content (AvgIpc) is 3.07. The summed E-state index contributed by atoms with van der Waals surface area (Å²) in [6.07, 6.45) is 2.68. The van der Waals surface area contributed by atoms with Crippen molar-refractivity contribution in [1.82, 2.24) is 10.2 Å². The topological polar surface area (TPSA) is 78.9 Å². The van der Waals surface area contributed by atoms with E-state index in [4.69, 9.17) is 4.74 Å². The molecule has 2 fully saturated rings. The summed E-state index contributed by atoms with van der Waals surface area (Å²) in [5.41, 5.74) is 0.0406. The minimum Gasteiger partial charge on any atom is -0.465 e. The first-order valence-corrected chi connectivity index (χ1v) is 9.01. The second-order valence-corrected chi connectivity index (χ2v) is 6.92. The third-order valence-corrected chi connectivity index (χ3v) is 5.44. The first-order valence-electron chi connectivity index (χ1n) is 9.01. The van der Waals surface area contributed by atoms with Crippen LogP contribution in [0.5, 0.6) is 0 Å². The van der Waals surface area contributed by atoms with E-state index in [1.54, 1.807) is 11.8 Å². The summed E-state index contributed by atoms with van der Waals surface area (Å²) < 4.78 is 4.83. The Kier molecular flexibility index (Phi) is 5.27. The number of urea groups is 1. The van der Waals surface area contributed by atoms with Gasteiger partial charge in [-0.2, -0.15) is 0 Å². The van der Waals surface area contributed by atoms with Gasteiger partial charge in [0, 0.05) is 19.0 Å². The van der Waals surface area contributed by atoms with Crippen LogP contribution < -0.4 is 5.32 Å². The van der Waals surface area contributed by atoms with Crippen molar-refractivity contribution in [1.29, 1.82) is 0 Å². The highest BCUT2D eigenvalue weighted by atomic mass is 16.5. The van der Waals surface area contributed by atoms with Crippen LogP contribution in [0.15, 0.2) is 30.3 Å². The van der Waals surface area contributed by atoms with Crippen molar-refractivity contribution in [2.45, 2.75) is 31.8 Å². The SMILES string of the molecule is CCOC(=O)CNC(=O)N1C[C@H]2CCC[C@](O)(c3ccccc3)[C@H]2C1. The number of nitrogens with zero attached hydrogens (tertiary/aromatic N) is 1. The number of likely N-dealkylation sites (tertiary alicyclic amines) is 1. The van der Waals surface area contributed by atoms with E-state index in [0.717, 1.165) is 24.8 Å².